The molecule has 110 valence electrons. The third-order valence-corrected chi connectivity index (χ3v) is 2.85. The Hall–Kier alpha value is -2.63. The van der Waals surface area contributed by atoms with Crippen LogP contribution in [0.15, 0.2) is 30.5 Å². The van der Waals surface area contributed by atoms with E-state index in [1.165, 1.54) is 0 Å². The van der Waals surface area contributed by atoms with Crippen molar-refractivity contribution < 1.29 is 23.9 Å². The maximum atomic E-state index is 12.0. The lowest BCUT2D eigenvalue weighted by Gasteiger charge is -2.04. The third-order valence-electron chi connectivity index (χ3n) is 2.85. The molecule has 0 fully saturated rings. The second-order valence-corrected chi connectivity index (χ2v) is 4.31. The highest BCUT2D eigenvalue weighted by atomic mass is 16.6. The third kappa shape index (κ3) is 3.68. The molecule has 2 aromatic rings. The van der Waals surface area contributed by atoms with Crippen LogP contribution in [-0.4, -0.2) is 35.9 Å². The Morgan fingerprint density at radius 3 is 2.57 bits per heavy atom. The van der Waals surface area contributed by atoms with Crippen LogP contribution in [0.2, 0.25) is 0 Å². The Bertz CT molecular complexity index is 674. The monoisotopic (exact) mass is 289 g/mol. The molecule has 0 radical (unpaired) electrons. The van der Waals surface area contributed by atoms with E-state index in [-0.39, 0.29) is 12.4 Å². The number of aromatic nitrogens is 1. The lowest BCUT2D eigenvalue weighted by Crippen LogP contribution is -2.18. The summed E-state index contributed by atoms with van der Waals surface area (Å²) in [5.74, 6) is -1.77. The molecule has 0 aliphatic rings. The fourth-order valence-electron chi connectivity index (χ4n) is 1.91. The molecule has 1 aromatic heterocycles. The zero-order chi connectivity index (χ0) is 15.2. The van der Waals surface area contributed by atoms with Gasteiger partial charge in [-0.2, -0.15) is 0 Å². The normalized spacial score (nSPS) is 10.3. The number of rotatable bonds is 6. The predicted molar refractivity (Wildman–Crippen MR) is 74.8 cm³/mol. The molecule has 0 saturated heterocycles. The minimum atomic E-state index is -0.776. The van der Waals surface area contributed by atoms with Crippen LogP contribution in [0.4, 0.5) is 0 Å². The number of fused-ring (bicyclic) bond motifs is 1. The Kier molecular flexibility index (Phi) is 4.71. The molecule has 0 amide bonds. The molecule has 0 unspecified atom stereocenters. The van der Waals surface area contributed by atoms with Gasteiger partial charge in [0, 0.05) is 22.7 Å². The quantitative estimate of drug-likeness (QED) is 0.498. The number of benzene rings is 1. The first-order chi connectivity index (χ1) is 10.1. The minimum Gasteiger partial charge on any atom is -0.466 e. The largest absolute Gasteiger partial charge is 0.466 e. The highest BCUT2D eigenvalue weighted by molar-refractivity contribution is 6.09. The lowest BCUT2D eigenvalue weighted by atomic mass is 10.1. The van der Waals surface area contributed by atoms with Crippen LogP contribution in [0.3, 0.4) is 0 Å². The molecular weight excluding hydrogens is 274 g/mol. The van der Waals surface area contributed by atoms with Gasteiger partial charge in [0.15, 0.2) is 6.61 Å². The van der Waals surface area contributed by atoms with Crippen molar-refractivity contribution in [1.82, 2.24) is 4.98 Å². The van der Waals surface area contributed by atoms with Gasteiger partial charge in [-0.05, 0) is 13.0 Å². The van der Waals surface area contributed by atoms with E-state index < -0.39 is 25.0 Å². The molecule has 1 aromatic carbocycles. The number of H-pyrrole nitrogens is 1. The maximum Gasteiger partial charge on any atom is 0.317 e. The smallest absolute Gasteiger partial charge is 0.317 e. The van der Waals surface area contributed by atoms with Crippen LogP contribution in [-0.2, 0) is 19.1 Å². The fourth-order valence-corrected chi connectivity index (χ4v) is 1.91. The fraction of sp³-hybridized carbons (Fsp3) is 0.267. The highest BCUT2D eigenvalue weighted by Gasteiger charge is 2.16. The number of para-hydroxylation sites is 1. The van der Waals surface area contributed by atoms with Gasteiger partial charge >= 0.3 is 11.9 Å². The number of aromatic amines is 1. The second-order valence-electron chi connectivity index (χ2n) is 4.31. The molecule has 21 heavy (non-hydrogen) atoms. The summed E-state index contributed by atoms with van der Waals surface area (Å²) in [6, 6.07) is 7.32. The molecule has 0 aliphatic heterocycles. The van der Waals surface area contributed by atoms with Crippen molar-refractivity contribution in [1.29, 1.82) is 0 Å². The summed E-state index contributed by atoms with van der Waals surface area (Å²) in [4.78, 5) is 37.5. The number of ketones is 1. The van der Waals surface area contributed by atoms with Crippen molar-refractivity contribution in [2.24, 2.45) is 0 Å². The van der Waals surface area contributed by atoms with Crippen molar-refractivity contribution in [3.8, 4) is 0 Å². The van der Waals surface area contributed by atoms with Crippen LogP contribution in [0.25, 0.3) is 10.9 Å². The van der Waals surface area contributed by atoms with Crippen LogP contribution >= 0.6 is 0 Å². The molecule has 0 saturated carbocycles. The first-order valence-electron chi connectivity index (χ1n) is 6.52. The van der Waals surface area contributed by atoms with E-state index >= 15 is 0 Å². The van der Waals surface area contributed by atoms with Gasteiger partial charge in [0.1, 0.15) is 6.42 Å². The number of Topliss-reactive ketones (excluding diaryl/α,β-unsaturated/α-hetero) is 1. The molecule has 0 atom stereocenters. The van der Waals surface area contributed by atoms with Crippen molar-refractivity contribution in [2.75, 3.05) is 13.2 Å². The molecular formula is C15H15NO5. The lowest BCUT2D eigenvalue weighted by molar-refractivity contribution is -0.153. The first kappa shape index (κ1) is 14.8. The van der Waals surface area contributed by atoms with Gasteiger partial charge in [0.2, 0.25) is 5.78 Å². The molecule has 0 spiro atoms. The predicted octanol–water partition coefficient (Wildman–Crippen LogP) is 1.85. The van der Waals surface area contributed by atoms with E-state index in [0.29, 0.717) is 5.56 Å². The zero-order valence-electron chi connectivity index (χ0n) is 11.5. The van der Waals surface area contributed by atoms with E-state index in [1.807, 2.05) is 18.2 Å². The Labute approximate surface area is 121 Å². The van der Waals surface area contributed by atoms with Gasteiger partial charge in [-0.3, -0.25) is 14.4 Å². The Balaban J connectivity index is 1.93. The summed E-state index contributed by atoms with van der Waals surface area (Å²) in [5.41, 5.74) is 1.29. The number of ether oxygens (including phenoxy) is 2. The standard InChI is InChI=1S/C15H15NO5/c1-2-20-14(18)7-15(19)21-9-13(17)11-8-16-12-6-4-3-5-10(11)12/h3-6,8,16H,2,7,9H2,1H3. The van der Waals surface area contributed by atoms with E-state index in [9.17, 15) is 14.4 Å². The van der Waals surface area contributed by atoms with Crippen molar-refractivity contribution >= 4 is 28.6 Å². The molecule has 0 bridgehead atoms. The minimum absolute atomic E-state index is 0.195. The average Bonchev–Trinajstić information content (AvgIpc) is 2.89. The van der Waals surface area contributed by atoms with Crippen LogP contribution < -0.4 is 0 Å². The summed E-state index contributed by atoms with van der Waals surface area (Å²) in [6.07, 6.45) is 1.08. The summed E-state index contributed by atoms with van der Waals surface area (Å²) in [5, 5.41) is 0.768. The number of hydrogen-bond acceptors (Lipinski definition) is 5. The van der Waals surface area contributed by atoms with Gasteiger partial charge in [-0.25, -0.2) is 0 Å². The van der Waals surface area contributed by atoms with Crippen LogP contribution in [0, 0.1) is 0 Å². The molecule has 1 N–H and O–H groups in total. The average molecular weight is 289 g/mol. The van der Waals surface area contributed by atoms with E-state index in [1.54, 1.807) is 19.2 Å². The summed E-state index contributed by atoms with van der Waals surface area (Å²) < 4.78 is 9.41. The number of nitrogens with one attached hydrogen (secondary N) is 1. The highest BCUT2D eigenvalue weighted by Crippen LogP contribution is 2.18. The molecule has 0 aliphatic carbocycles. The van der Waals surface area contributed by atoms with Crippen LogP contribution in [0.1, 0.15) is 23.7 Å². The summed E-state index contributed by atoms with van der Waals surface area (Å²) >= 11 is 0. The first-order valence-corrected chi connectivity index (χ1v) is 6.52. The van der Waals surface area contributed by atoms with Crippen molar-refractivity contribution in [3.05, 3.63) is 36.0 Å². The Morgan fingerprint density at radius 1 is 1.10 bits per heavy atom. The zero-order valence-corrected chi connectivity index (χ0v) is 11.5. The molecule has 1 heterocycles. The van der Waals surface area contributed by atoms with E-state index in [2.05, 4.69) is 9.72 Å². The number of esters is 2. The van der Waals surface area contributed by atoms with E-state index in [4.69, 9.17) is 4.74 Å². The molecule has 2 rings (SSSR count). The summed E-state index contributed by atoms with van der Waals surface area (Å²) in [6.45, 7) is 1.43. The topological polar surface area (TPSA) is 85.5 Å². The van der Waals surface area contributed by atoms with Gasteiger partial charge in [-0.1, -0.05) is 18.2 Å². The SMILES string of the molecule is CCOC(=O)CC(=O)OCC(=O)c1c[nH]c2ccccc12. The van der Waals surface area contributed by atoms with Crippen LogP contribution in [0.5, 0.6) is 0 Å². The maximum absolute atomic E-state index is 12.0. The van der Waals surface area contributed by atoms with Crippen molar-refractivity contribution in [3.63, 3.8) is 0 Å². The van der Waals surface area contributed by atoms with E-state index in [0.717, 1.165) is 10.9 Å². The van der Waals surface area contributed by atoms with Gasteiger partial charge < -0.3 is 14.5 Å². The number of carbonyl (C=O) groups is 3. The van der Waals surface area contributed by atoms with Gasteiger partial charge in [0.05, 0.1) is 6.61 Å². The Morgan fingerprint density at radius 2 is 1.81 bits per heavy atom. The summed E-state index contributed by atoms with van der Waals surface area (Å²) in [7, 11) is 0. The molecule has 6 nitrogen and oxygen atoms in total. The number of carbonyl (C=O) groups excluding carboxylic acids is 3. The molecule has 6 heteroatoms. The van der Waals surface area contributed by atoms with Gasteiger partial charge in [0.25, 0.3) is 0 Å². The number of hydrogen-bond donors (Lipinski definition) is 1. The van der Waals surface area contributed by atoms with Crippen molar-refractivity contribution in [2.45, 2.75) is 13.3 Å². The van der Waals surface area contributed by atoms with Gasteiger partial charge in [-0.15, -0.1) is 0 Å². The second kappa shape index (κ2) is 6.69.